The summed E-state index contributed by atoms with van der Waals surface area (Å²) in [5.41, 5.74) is 5.80. The predicted molar refractivity (Wildman–Crippen MR) is 125 cm³/mol. The van der Waals surface area contributed by atoms with Gasteiger partial charge in [-0.15, -0.1) is 0 Å². The van der Waals surface area contributed by atoms with E-state index in [-0.39, 0.29) is 6.04 Å². The van der Waals surface area contributed by atoms with E-state index < -0.39 is 0 Å². The number of methoxy groups -OCH3 is 4. The molecule has 0 amide bonds. The normalized spacial score (nSPS) is 17.9. The number of ether oxygens (including phenoxy) is 4. The second kappa shape index (κ2) is 8.31. The quantitative estimate of drug-likeness (QED) is 0.594. The van der Waals surface area contributed by atoms with Gasteiger partial charge in [0.1, 0.15) is 23.0 Å². The highest BCUT2D eigenvalue weighted by atomic mass is 16.5. The smallest absolute Gasteiger partial charge is 0.130 e. The molecular weight excluding hydrogens is 390 g/mol. The Labute approximate surface area is 184 Å². The van der Waals surface area contributed by atoms with E-state index in [2.05, 4.69) is 38.2 Å². The van der Waals surface area contributed by atoms with Crippen molar-refractivity contribution < 1.29 is 18.9 Å². The van der Waals surface area contributed by atoms with Gasteiger partial charge in [-0.25, -0.2) is 0 Å². The van der Waals surface area contributed by atoms with Crippen molar-refractivity contribution in [3.63, 3.8) is 0 Å². The molecule has 0 aromatic heterocycles. The lowest BCUT2D eigenvalue weighted by Gasteiger charge is -2.33. The summed E-state index contributed by atoms with van der Waals surface area (Å²) < 4.78 is 23.1. The Bertz CT molecular complexity index is 1140. The van der Waals surface area contributed by atoms with E-state index in [0.29, 0.717) is 6.04 Å². The molecule has 3 aromatic carbocycles. The van der Waals surface area contributed by atoms with Crippen LogP contribution in [0.15, 0.2) is 30.3 Å². The van der Waals surface area contributed by atoms with Crippen molar-refractivity contribution in [1.29, 1.82) is 0 Å². The molecule has 4 rings (SSSR count). The van der Waals surface area contributed by atoms with Crippen LogP contribution in [0.3, 0.4) is 0 Å². The molecule has 1 N–H and O–H groups in total. The van der Waals surface area contributed by atoms with Gasteiger partial charge >= 0.3 is 0 Å². The van der Waals surface area contributed by atoms with Gasteiger partial charge in [0.2, 0.25) is 0 Å². The van der Waals surface area contributed by atoms with Crippen LogP contribution in [0, 0.1) is 6.92 Å². The van der Waals surface area contributed by atoms with E-state index in [4.69, 9.17) is 18.9 Å². The first kappa shape index (κ1) is 21.3. The molecule has 0 spiro atoms. The lowest BCUT2D eigenvalue weighted by Crippen LogP contribution is -2.36. The van der Waals surface area contributed by atoms with E-state index in [1.807, 2.05) is 18.2 Å². The summed E-state index contributed by atoms with van der Waals surface area (Å²) >= 11 is 0. The van der Waals surface area contributed by atoms with Crippen molar-refractivity contribution in [3.8, 4) is 34.1 Å². The Morgan fingerprint density at radius 2 is 1.48 bits per heavy atom. The van der Waals surface area contributed by atoms with Crippen LogP contribution in [0.2, 0.25) is 0 Å². The maximum absolute atomic E-state index is 5.91. The number of aryl methyl sites for hydroxylation is 1. The van der Waals surface area contributed by atoms with Gasteiger partial charge in [-0.1, -0.05) is 6.07 Å². The summed E-state index contributed by atoms with van der Waals surface area (Å²) in [7, 11) is 6.83. The van der Waals surface area contributed by atoms with Gasteiger partial charge in [0.15, 0.2) is 0 Å². The van der Waals surface area contributed by atoms with Gasteiger partial charge in [0.05, 0.1) is 33.8 Å². The Hall–Kier alpha value is -2.92. The Balaban J connectivity index is 2.14. The maximum atomic E-state index is 5.91. The molecule has 0 radical (unpaired) electrons. The first-order valence-electron chi connectivity index (χ1n) is 10.6. The second-order valence-corrected chi connectivity index (χ2v) is 8.25. The van der Waals surface area contributed by atoms with Crippen molar-refractivity contribution in [2.75, 3.05) is 28.4 Å². The van der Waals surface area contributed by atoms with Crippen LogP contribution in [-0.2, 0) is 6.42 Å². The average molecular weight is 422 g/mol. The van der Waals surface area contributed by atoms with E-state index in [9.17, 15) is 0 Å². The van der Waals surface area contributed by atoms with Crippen molar-refractivity contribution in [2.24, 2.45) is 0 Å². The van der Waals surface area contributed by atoms with Crippen LogP contribution in [-0.4, -0.2) is 34.5 Å². The number of nitrogens with one attached hydrogen (secondary N) is 1. The third-order valence-corrected chi connectivity index (χ3v) is 6.21. The topological polar surface area (TPSA) is 49.0 Å². The van der Waals surface area contributed by atoms with E-state index in [1.165, 1.54) is 11.1 Å². The summed E-state index contributed by atoms with van der Waals surface area (Å²) in [5, 5.41) is 5.70. The van der Waals surface area contributed by atoms with Crippen LogP contribution >= 0.6 is 0 Å². The van der Waals surface area contributed by atoms with Gasteiger partial charge in [-0.05, 0) is 67.5 Å². The zero-order valence-corrected chi connectivity index (χ0v) is 19.4. The summed E-state index contributed by atoms with van der Waals surface area (Å²) in [6.45, 7) is 6.49. The van der Waals surface area contributed by atoms with Gasteiger partial charge < -0.3 is 24.3 Å². The monoisotopic (exact) mass is 421 g/mol. The third-order valence-electron chi connectivity index (χ3n) is 6.21. The fourth-order valence-electron chi connectivity index (χ4n) is 4.99. The van der Waals surface area contributed by atoms with Crippen LogP contribution in [0.1, 0.15) is 36.6 Å². The zero-order valence-electron chi connectivity index (χ0n) is 19.4. The summed E-state index contributed by atoms with van der Waals surface area (Å²) in [6, 6.07) is 10.9. The molecule has 164 valence electrons. The molecule has 0 unspecified atom stereocenters. The molecule has 1 heterocycles. The Morgan fingerprint density at radius 3 is 2.13 bits per heavy atom. The first-order valence-corrected chi connectivity index (χ1v) is 10.6. The van der Waals surface area contributed by atoms with Crippen molar-refractivity contribution in [2.45, 2.75) is 39.3 Å². The standard InChI is InChI=1S/C26H31NO4/c1-14-10-18-17(8-9-20(28-4)26(18)21(11-14)29-5)25-19-12-15(2)27-16(3)24(19)22(30-6)13-23(25)31-7/h8-11,13,15-16,27H,12H2,1-7H3/t15-,16-/m1/s1. The van der Waals surface area contributed by atoms with E-state index >= 15 is 0 Å². The van der Waals surface area contributed by atoms with Crippen LogP contribution in [0.5, 0.6) is 23.0 Å². The molecule has 5 nitrogen and oxygen atoms in total. The minimum absolute atomic E-state index is 0.180. The molecule has 1 aliphatic heterocycles. The van der Waals surface area contributed by atoms with Crippen molar-refractivity contribution in [1.82, 2.24) is 5.32 Å². The van der Waals surface area contributed by atoms with Gasteiger partial charge in [-0.3, -0.25) is 0 Å². The highest BCUT2D eigenvalue weighted by Gasteiger charge is 2.30. The number of hydrogen-bond donors (Lipinski definition) is 1. The molecule has 0 fully saturated rings. The lowest BCUT2D eigenvalue weighted by molar-refractivity contribution is 0.371. The van der Waals surface area contributed by atoms with Gasteiger partial charge in [0, 0.05) is 29.3 Å². The molecule has 3 aromatic rings. The Kier molecular flexibility index (Phi) is 5.71. The SMILES string of the molecule is COc1cc(OC)c2c(c1-c1ccc(OC)c3c(OC)cc(C)cc13)C[C@@H](C)N[C@@H]2C. The van der Waals surface area contributed by atoms with E-state index in [1.54, 1.807) is 28.4 Å². The first-order chi connectivity index (χ1) is 14.9. The predicted octanol–water partition coefficient (Wildman–Crippen LogP) is 5.44. The van der Waals surface area contributed by atoms with E-state index in [0.717, 1.165) is 56.9 Å². The molecule has 5 heteroatoms. The fourth-order valence-corrected chi connectivity index (χ4v) is 4.99. The molecule has 31 heavy (non-hydrogen) atoms. The molecule has 0 aliphatic carbocycles. The largest absolute Gasteiger partial charge is 0.496 e. The highest BCUT2D eigenvalue weighted by Crippen LogP contribution is 2.49. The molecule has 0 saturated carbocycles. The summed E-state index contributed by atoms with van der Waals surface area (Å²) in [5.74, 6) is 3.26. The summed E-state index contributed by atoms with van der Waals surface area (Å²) in [4.78, 5) is 0. The lowest BCUT2D eigenvalue weighted by atomic mass is 9.83. The van der Waals surface area contributed by atoms with Crippen LogP contribution in [0.4, 0.5) is 0 Å². The van der Waals surface area contributed by atoms with Crippen molar-refractivity contribution >= 4 is 10.8 Å². The molecule has 1 aliphatic rings. The maximum Gasteiger partial charge on any atom is 0.130 e. The number of benzene rings is 3. The van der Waals surface area contributed by atoms with Gasteiger partial charge in [0.25, 0.3) is 0 Å². The fraction of sp³-hybridized carbons (Fsp3) is 0.385. The average Bonchev–Trinajstić information content (AvgIpc) is 2.76. The number of fused-ring (bicyclic) bond motifs is 2. The minimum Gasteiger partial charge on any atom is -0.496 e. The van der Waals surface area contributed by atoms with Crippen LogP contribution < -0.4 is 24.3 Å². The second-order valence-electron chi connectivity index (χ2n) is 8.25. The van der Waals surface area contributed by atoms with Crippen LogP contribution in [0.25, 0.3) is 21.9 Å². The molecule has 2 atom stereocenters. The third kappa shape index (κ3) is 3.47. The molecule has 0 bridgehead atoms. The number of hydrogen-bond acceptors (Lipinski definition) is 5. The van der Waals surface area contributed by atoms with Gasteiger partial charge in [-0.2, -0.15) is 0 Å². The molecule has 0 saturated heterocycles. The zero-order chi connectivity index (χ0) is 22.3. The minimum atomic E-state index is 0.180. The number of rotatable bonds is 5. The molecular formula is C26H31NO4. The Morgan fingerprint density at radius 1 is 0.806 bits per heavy atom. The van der Waals surface area contributed by atoms with Crippen molar-refractivity contribution in [3.05, 3.63) is 47.0 Å². The summed E-state index contributed by atoms with van der Waals surface area (Å²) in [6.07, 6.45) is 0.888. The highest BCUT2D eigenvalue weighted by molar-refractivity contribution is 6.05.